The third kappa shape index (κ3) is 5.02. The number of halogens is 2. The first-order valence-electron chi connectivity index (χ1n) is 8.85. The lowest BCUT2D eigenvalue weighted by Gasteiger charge is -2.23. The molecule has 0 radical (unpaired) electrons. The van der Waals surface area contributed by atoms with Gasteiger partial charge in [0.25, 0.3) is 5.91 Å². The number of rotatable bonds is 6. The SMILES string of the molecule is COc1ccc(OC)c([C@H]2CC(=O)NC(NC(=O)c3ccc(OC(F)F)cc3)=N2)c1. The Labute approximate surface area is 170 Å². The zero-order chi connectivity index (χ0) is 21.7. The van der Waals surface area contributed by atoms with Gasteiger partial charge in [-0.25, -0.2) is 4.99 Å². The predicted molar refractivity (Wildman–Crippen MR) is 103 cm³/mol. The largest absolute Gasteiger partial charge is 0.497 e. The molecule has 0 aromatic heterocycles. The van der Waals surface area contributed by atoms with E-state index in [9.17, 15) is 18.4 Å². The van der Waals surface area contributed by atoms with E-state index < -0.39 is 18.6 Å². The van der Waals surface area contributed by atoms with E-state index >= 15 is 0 Å². The van der Waals surface area contributed by atoms with E-state index in [4.69, 9.17) is 9.47 Å². The van der Waals surface area contributed by atoms with Gasteiger partial charge in [0.1, 0.15) is 17.2 Å². The van der Waals surface area contributed by atoms with Crippen molar-refractivity contribution in [3.63, 3.8) is 0 Å². The number of methoxy groups -OCH3 is 2. The van der Waals surface area contributed by atoms with Crippen LogP contribution in [0.15, 0.2) is 47.5 Å². The Morgan fingerprint density at radius 2 is 1.83 bits per heavy atom. The molecule has 8 nitrogen and oxygen atoms in total. The zero-order valence-corrected chi connectivity index (χ0v) is 16.1. The first-order chi connectivity index (χ1) is 14.4. The number of amides is 2. The smallest absolute Gasteiger partial charge is 0.387 e. The van der Waals surface area contributed by atoms with Crippen molar-refractivity contribution in [3.8, 4) is 17.2 Å². The van der Waals surface area contributed by atoms with Crippen LogP contribution >= 0.6 is 0 Å². The fraction of sp³-hybridized carbons (Fsp3) is 0.250. The third-order valence-electron chi connectivity index (χ3n) is 4.29. The molecular formula is C20H19F2N3O5. The van der Waals surface area contributed by atoms with E-state index in [0.29, 0.717) is 17.1 Å². The van der Waals surface area contributed by atoms with E-state index in [2.05, 4.69) is 20.4 Å². The molecule has 0 unspecified atom stereocenters. The van der Waals surface area contributed by atoms with Crippen molar-refractivity contribution in [3.05, 3.63) is 53.6 Å². The highest BCUT2D eigenvalue weighted by atomic mass is 19.3. The number of hydrogen-bond donors (Lipinski definition) is 2. The molecule has 1 atom stereocenters. The molecule has 3 rings (SSSR count). The summed E-state index contributed by atoms with van der Waals surface area (Å²) < 4.78 is 39.3. The van der Waals surface area contributed by atoms with Crippen molar-refractivity contribution in [1.29, 1.82) is 0 Å². The number of nitrogens with zero attached hydrogens (tertiary/aromatic N) is 1. The fourth-order valence-electron chi connectivity index (χ4n) is 2.90. The molecule has 158 valence electrons. The lowest BCUT2D eigenvalue weighted by atomic mass is 10.0. The molecule has 0 bridgehead atoms. The maximum absolute atomic E-state index is 12.4. The van der Waals surface area contributed by atoms with Crippen LogP contribution in [-0.2, 0) is 4.79 Å². The number of hydrogen-bond acceptors (Lipinski definition) is 6. The van der Waals surface area contributed by atoms with E-state index in [-0.39, 0.29) is 29.6 Å². The molecule has 30 heavy (non-hydrogen) atoms. The minimum Gasteiger partial charge on any atom is -0.497 e. The Hall–Kier alpha value is -3.69. The van der Waals surface area contributed by atoms with Crippen LogP contribution < -0.4 is 24.8 Å². The number of carbonyl (C=O) groups is 2. The van der Waals surface area contributed by atoms with Gasteiger partial charge in [0.2, 0.25) is 11.9 Å². The first kappa shape index (κ1) is 21.0. The quantitative estimate of drug-likeness (QED) is 0.750. The molecule has 2 amide bonds. The topological polar surface area (TPSA) is 98.2 Å². The summed E-state index contributed by atoms with van der Waals surface area (Å²) in [4.78, 5) is 29.0. The number of guanidine groups is 1. The summed E-state index contributed by atoms with van der Waals surface area (Å²) in [5.74, 6) is 0.0871. The van der Waals surface area contributed by atoms with E-state index in [1.165, 1.54) is 38.5 Å². The lowest BCUT2D eigenvalue weighted by Crippen LogP contribution is -2.47. The van der Waals surface area contributed by atoms with Gasteiger partial charge in [-0.1, -0.05) is 0 Å². The highest BCUT2D eigenvalue weighted by Crippen LogP contribution is 2.34. The number of benzene rings is 2. The van der Waals surface area contributed by atoms with Gasteiger partial charge in [0.15, 0.2) is 0 Å². The second-order valence-electron chi connectivity index (χ2n) is 6.21. The van der Waals surface area contributed by atoms with Crippen LogP contribution in [0.1, 0.15) is 28.4 Å². The van der Waals surface area contributed by atoms with Gasteiger partial charge in [-0.05, 0) is 42.5 Å². The average Bonchev–Trinajstić information content (AvgIpc) is 2.72. The van der Waals surface area contributed by atoms with Crippen LogP contribution in [0.2, 0.25) is 0 Å². The van der Waals surface area contributed by atoms with Crippen molar-refractivity contribution >= 4 is 17.8 Å². The minimum atomic E-state index is -2.96. The van der Waals surface area contributed by atoms with E-state index in [1.54, 1.807) is 18.2 Å². The van der Waals surface area contributed by atoms with Crippen LogP contribution in [0, 0.1) is 0 Å². The van der Waals surface area contributed by atoms with Crippen LogP contribution in [0.5, 0.6) is 17.2 Å². The summed E-state index contributed by atoms with van der Waals surface area (Å²) in [6, 6.07) is 9.67. The van der Waals surface area contributed by atoms with Gasteiger partial charge in [0.05, 0.1) is 26.7 Å². The zero-order valence-electron chi connectivity index (χ0n) is 16.1. The molecule has 2 aromatic carbocycles. The molecule has 2 aromatic rings. The summed E-state index contributed by atoms with van der Waals surface area (Å²) in [6.45, 7) is -2.96. The Bertz CT molecular complexity index is 963. The molecule has 1 aliphatic rings. The average molecular weight is 419 g/mol. The first-order valence-corrected chi connectivity index (χ1v) is 8.85. The van der Waals surface area contributed by atoms with Crippen molar-refractivity contribution < 1.29 is 32.6 Å². The Balaban J connectivity index is 1.80. The highest BCUT2D eigenvalue weighted by Gasteiger charge is 2.26. The summed E-state index contributed by atoms with van der Waals surface area (Å²) >= 11 is 0. The van der Waals surface area contributed by atoms with Gasteiger partial charge in [-0.15, -0.1) is 0 Å². The van der Waals surface area contributed by atoms with Crippen molar-refractivity contribution in [1.82, 2.24) is 10.6 Å². The number of carbonyl (C=O) groups excluding carboxylic acids is 2. The van der Waals surface area contributed by atoms with Gasteiger partial charge in [-0.2, -0.15) is 8.78 Å². The van der Waals surface area contributed by atoms with Crippen LogP contribution in [0.25, 0.3) is 0 Å². The molecule has 10 heteroatoms. The third-order valence-corrected chi connectivity index (χ3v) is 4.29. The second kappa shape index (κ2) is 9.21. The second-order valence-corrected chi connectivity index (χ2v) is 6.21. The molecule has 1 heterocycles. The molecule has 0 saturated carbocycles. The van der Waals surface area contributed by atoms with Gasteiger partial charge >= 0.3 is 6.61 Å². The molecule has 2 N–H and O–H groups in total. The van der Waals surface area contributed by atoms with Crippen LogP contribution in [-0.4, -0.2) is 38.6 Å². The van der Waals surface area contributed by atoms with Gasteiger partial charge in [0, 0.05) is 11.1 Å². The minimum absolute atomic E-state index is 0.0287. The number of ether oxygens (including phenoxy) is 3. The summed E-state index contributed by atoms with van der Waals surface area (Å²) in [6.07, 6.45) is 0.0581. The van der Waals surface area contributed by atoms with Crippen molar-refractivity contribution in [2.24, 2.45) is 4.99 Å². The summed E-state index contributed by atoms with van der Waals surface area (Å²) in [5.41, 5.74) is 0.807. The monoisotopic (exact) mass is 419 g/mol. The summed E-state index contributed by atoms with van der Waals surface area (Å²) in [5, 5.41) is 5.01. The molecule has 0 saturated heterocycles. The maximum Gasteiger partial charge on any atom is 0.387 e. The lowest BCUT2D eigenvalue weighted by molar-refractivity contribution is -0.120. The Morgan fingerprint density at radius 1 is 1.13 bits per heavy atom. The Morgan fingerprint density at radius 3 is 2.47 bits per heavy atom. The molecule has 0 spiro atoms. The van der Waals surface area contributed by atoms with Crippen molar-refractivity contribution in [2.75, 3.05) is 14.2 Å². The number of alkyl halides is 2. The molecule has 1 aliphatic heterocycles. The van der Waals surface area contributed by atoms with Gasteiger partial charge < -0.3 is 14.2 Å². The maximum atomic E-state index is 12.4. The fourth-order valence-corrected chi connectivity index (χ4v) is 2.90. The van der Waals surface area contributed by atoms with Crippen LogP contribution in [0.3, 0.4) is 0 Å². The molecule has 0 aliphatic carbocycles. The van der Waals surface area contributed by atoms with Crippen molar-refractivity contribution in [2.45, 2.75) is 19.1 Å². The summed E-state index contributed by atoms with van der Waals surface area (Å²) in [7, 11) is 3.02. The molecule has 0 fully saturated rings. The molecular weight excluding hydrogens is 400 g/mol. The normalized spacial score (nSPS) is 15.8. The van der Waals surface area contributed by atoms with Gasteiger partial charge in [-0.3, -0.25) is 20.2 Å². The number of aliphatic imine (C=N–C) groups is 1. The standard InChI is InChI=1S/C20H19F2N3O5/c1-28-13-7-8-16(29-2)14(9-13)15-10-17(26)24-20(23-15)25-18(27)11-3-5-12(6-4-11)30-19(21)22/h3-9,15,19H,10H2,1-2H3,(H2,23,24,25,26,27)/t15-/m1/s1. The predicted octanol–water partition coefficient (Wildman–Crippen LogP) is 2.65. The van der Waals surface area contributed by atoms with E-state index in [1.807, 2.05) is 0 Å². The highest BCUT2D eigenvalue weighted by molar-refractivity contribution is 6.10. The van der Waals surface area contributed by atoms with Crippen LogP contribution in [0.4, 0.5) is 8.78 Å². The Kier molecular flexibility index (Phi) is 6.45. The van der Waals surface area contributed by atoms with E-state index in [0.717, 1.165) is 0 Å². The number of nitrogens with one attached hydrogen (secondary N) is 2.